The Balaban J connectivity index is 1.23. The average Bonchev–Trinajstić information content (AvgIpc) is 3.43. The molecule has 1 spiro atoms. The van der Waals surface area contributed by atoms with Gasteiger partial charge < -0.3 is 15.5 Å². The highest BCUT2D eigenvalue weighted by molar-refractivity contribution is 6.31. The molecule has 6 rings (SSSR count). The van der Waals surface area contributed by atoms with Crippen LogP contribution in [0, 0.1) is 17.0 Å². The number of nitrogens with one attached hydrogen (secondary N) is 2. The van der Waals surface area contributed by atoms with Crippen molar-refractivity contribution in [2.24, 2.45) is 5.41 Å². The number of fused-ring (bicyclic) bond motifs is 3. The molecule has 0 bridgehead atoms. The molecule has 7 nitrogen and oxygen atoms in total. The number of rotatable bonds is 4. The van der Waals surface area contributed by atoms with E-state index in [0.29, 0.717) is 37.2 Å². The van der Waals surface area contributed by atoms with E-state index in [9.17, 15) is 23.2 Å². The summed E-state index contributed by atoms with van der Waals surface area (Å²) in [5, 5.41) is 5.11. The number of hydrogen-bond donors (Lipinski definition) is 2. The monoisotopic (exact) mass is 564 g/mol. The largest absolute Gasteiger partial charge is 0.326 e. The lowest BCUT2D eigenvalue weighted by Gasteiger charge is -2.43. The minimum Gasteiger partial charge on any atom is -0.326 e. The topological polar surface area (TPSA) is 91.4 Å². The van der Waals surface area contributed by atoms with Crippen LogP contribution in [0.3, 0.4) is 0 Å². The van der Waals surface area contributed by atoms with Gasteiger partial charge in [0.2, 0.25) is 17.7 Å². The van der Waals surface area contributed by atoms with Gasteiger partial charge in [0.25, 0.3) is 0 Å². The van der Waals surface area contributed by atoms with Crippen molar-refractivity contribution in [3.8, 4) is 0 Å². The first-order valence-corrected chi connectivity index (χ1v) is 13.5. The number of amides is 3. The van der Waals surface area contributed by atoms with Crippen LogP contribution in [0.4, 0.5) is 20.3 Å². The third-order valence-electron chi connectivity index (χ3n) is 8.46. The number of halogens is 3. The highest BCUT2D eigenvalue weighted by Gasteiger charge is 2.51. The first-order valence-electron chi connectivity index (χ1n) is 13.1. The molecule has 0 unspecified atom stereocenters. The molecule has 3 aromatic rings. The minimum atomic E-state index is -0.926. The number of carbonyl (C=O) groups excluding carboxylic acids is 3. The third-order valence-corrected chi connectivity index (χ3v) is 8.81. The van der Waals surface area contributed by atoms with Crippen LogP contribution in [-0.2, 0) is 32.6 Å². The van der Waals surface area contributed by atoms with Crippen LogP contribution in [0.5, 0.6) is 0 Å². The van der Waals surface area contributed by atoms with Crippen LogP contribution in [0.1, 0.15) is 55.0 Å². The number of likely N-dealkylation sites (tertiary alicyclic amines) is 1. The zero-order chi connectivity index (χ0) is 28.4. The molecule has 1 fully saturated rings. The lowest BCUT2D eigenvalue weighted by molar-refractivity contribution is -0.150. The van der Waals surface area contributed by atoms with Crippen molar-refractivity contribution in [2.45, 2.75) is 51.0 Å². The van der Waals surface area contributed by atoms with E-state index in [0.717, 1.165) is 22.8 Å². The molecule has 3 amide bonds. The molecule has 3 heterocycles. The fourth-order valence-corrected chi connectivity index (χ4v) is 6.47. The zero-order valence-electron chi connectivity index (χ0n) is 22.0. The molecule has 0 radical (unpaired) electrons. The standard InChI is InChI=1S/C30H27ClF2N4O3/c1-29(2)10-9-22(19-7-8-21(32)24(31)25(19)33)37(28(29)40)15-23(38)35-18-6-5-16-13-30(14-17(16)12-18)20-4-3-11-34-26(20)36-27(30)39/h3-8,11-12,22H,9-10,13-15H2,1-2H3,(H,35,38)(H,34,36,39)/t22-,30+/m0/s1. The van der Waals surface area contributed by atoms with Gasteiger partial charge in [-0.15, -0.1) is 0 Å². The second-order valence-corrected chi connectivity index (χ2v) is 11.8. The number of aromatic nitrogens is 1. The number of piperidine rings is 1. The summed E-state index contributed by atoms with van der Waals surface area (Å²) >= 11 is 5.82. The number of hydrogen-bond acceptors (Lipinski definition) is 4. The summed E-state index contributed by atoms with van der Waals surface area (Å²) in [4.78, 5) is 45.2. The Kier molecular flexibility index (Phi) is 6.18. The maximum atomic E-state index is 15.0. The van der Waals surface area contributed by atoms with Crippen LogP contribution in [0.2, 0.25) is 5.02 Å². The van der Waals surface area contributed by atoms with Crippen molar-refractivity contribution in [3.63, 3.8) is 0 Å². The van der Waals surface area contributed by atoms with Gasteiger partial charge >= 0.3 is 0 Å². The Morgan fingerprint density at radius 1 is 1.15 bits per heavy atom. The Labute approximate surface area is 234 Å². The van der Waals surface area contributed by atoms with Gasteiger partial charge in [0.1, 0.15) is 29.0 Å². The van der Waals surface area contributed by atoms with Crippen molar-refractivity contribution in [1.29, 1.82) is 0 Å². The molecule has 0 saturated carbocycles. The van der Waals surface area contributed by atoms with Gasteiger partial charge in [-0.1, -0.05) is 43.6 Å². The fraction of sp³-hybridized carbons (Fsp3) is 0.333. The summed E-state index contributed by atoms with van der Waals surface area (Å²) in [7, 11) is 0. The maximum Gasteiger partial charge on any atom is 0.244 e. The van der Waals surface area contributed by atoms with Gasteiger partial charge in [-0.25, -0.2) is 13.8 Å². The molecule has 10 heteroatoms. The Hall–Kier alpha value is -3.85. The van der Waals surface area contributed by atoms with Crippen molar-refractivity contribution >= 4 is 40.8 Å². The summed E-state index contributed by atoms with van der Waals surface area (Å²) in [6, 6.07) is 10.8. The molecular formula is C30H27ClF2N4O3. The molecule has 206 valence electrons. The molecule has 1 saturated heterocycles. The van der Waals surface area contributed by atoms with Gasteiger partial charge in [0.05, 0.1) is 11.5 Å². The number of carbonyl (C=O) groups is 3. The SMILES string of the molecule is CC1(C)CC[C@@H](c2ccc(F)c(Cl)c2F)N(CC(=O)Nc2ccc3c(c2)C[C@@]2(C3)C(=O)Nc3ncccc32)C1=O. The predicted octanol–water partition coefficient (Wildman–Crippen LogP) is 5.33. The van der Waals surface area contributed by atoms with E-state index in [1.54, 1.807) is 26.1 Å². The Bertz CT molecular complexity index is 1590. The molecule has 2 aromatic carbocycles. The number of anilines is 2. The molecule has 1 aromatic heterocycles. The lowest BCUT2D eigenvalue weighted by atomic mass is 9.78. The zero-order valence-corrected chi connectivity index (χ0v) is 22.7. The van der Waals surface area contributed by atoms with Gasteiger partial charge in [0.15, 0.2) is 0 Å². The van der Waals surface area contributed by atoms with Crippen LogP contribution >= 0.6 is 11.6 Å². The van der Waals surface area contributed by atoms with Crippen molar-refractivity contribution in [1.82, 2.24) is 9.88 Å². The molecular weight excluding hydrogens is 538 g/mol. The second-order valence-electron chi connectivity index (χ2n) is 11.5. The van der Waals surface area contributed by atoms with Crippen LogP contribution < -0.4 is 10.6 Å². The van der Waals surface area contributed by atoms with E-state index in [-0.39, 0.29) is 23.9 Å². The third kappa shape index (κ3) is 4.15. The number of pyridine rings is 1. The quantitative estimate of drug-likeness (QED) is 0.419. The second kappa shape index (κ2) is 9.37. The number of benzene rings is 2. The van der Waals surface area contributed by atoms with E-state index in [1.165, 1.54) is 11.0 Å². The van der Waals surface area contributed by atoms with Crippen LogP contribution in [0.15, 0.2) is 48.7 Å². The molecule has 2 atom stereocenters. The summed E-state index contributed by atoms with van der Waals surface area (Å²) in [6.07, 6.45) is 3.52. The fourth-order valence-electron chi connectivity index (χ4n) is 6.29. The van der Waals surface area contributed by atoms with E-state index in [2.05, 4.69) is 15.6 Å². The summed E-state index contributed by atoms with van der Waals surface area (Å²) in [5.41, 5.74) is 1.96. The molecule has 3 aliphatic rings. The van der Waals surface area contributed by atoms with Gasteiger partial charge in [-0.05, 0) is 61.1 Å². The van der Waals surface area contributed by atoms with E-state index in [4.69, 9.17) is 11.6 Å². The molecule has 40 heavy (non-hydrogen) atoms. The Morgan fingerprint density at radius 3 is 2.73 bits per heavy atom. The van der Waals surface area contributed by atoms with Crippen molar-refractivity contribution in [2.75, 3.05) is 17.2 Å². The average molecular weight is 565 g/mol. The first-order chi connectivity index (χ1) is 19.0. The van der Waals surface area contributed by atoms with Crippen molar-refractivity contribution in [3.05, 3.63) is 87.6 Å². The highest BCUT2D eigenvalue weighted by atomic mass is 35.5. The van der Waals surface area contributed by atoms with Gasteiger partial charge in [-0.2, -0.15) is 0 Å². The summed E-state index contributed by atoms with van der Waals surface area (Å²) in [5.74, 6) is -2.07. The lowest BCUT2D eigenvalue weighted by Crippen LogP contribution is -2.50. The smallest absolute Gasteiger partial charge is 0.244 e. The predicted molar refractivity (Wildman–Crippen MR) is 146 cm³/mol. The Morgan fingerprint density at radius 2 is 1.93 bits per heavy atom. The van der Waals surface area contributed by atoms with Crippen molar-refractivity contribution < 1.29 is 23.2 Å². The van der Waals surface area contributed by atoms with E-state index >= 15 is 0 Å². The number of nitrogens with zero attached hydrogens (tertiary/aromatic N) is 2. The van der Waals surface area contributed by atoms with Gasteiger partial charge in [-0.3, -0.25) is 14.4 Å². The van der Waals surface area contributed by atoms with Gasteiger partial charge in [0, 0.05) is 28.4 Å². The summed E-state index contributed by atoms with van der Waals surface area (Å²) in [6.45, 7) is 3.26. The molecule has 2 aliphatic heterocycles. The van der Waals surface area contributed by atoms with Crippen LogP contribution in [-0.4, -0.2) is 34.2 Å². The van der Waals surface area contributed by atoms with Crippen LogP contribution in [0.25, 0.3) is 0 Å². The summed E-state index contributed by atoms with van der Waals surface area (Å²) < 4.78 is 28.8. The molecule has 1 aliphatic carbocycles. The highest BCUT2D eigenvalue weighted by Crippen LogP contribution is 2.47. The minimum absolute atomic E-state index is 0.0792. The normalized spacial score (nSPS) is 22.7. The van der Waals surface area contributed by atoms with E-state index in [1.807, 2.05) is 24.3 Å². The molecule has 2 N–H and O–H groups in total. The maximum absolute atomic E-state index is 15.0. The van der Waals surface area contributed by atoms with E-state index < -0.39 is 39.4 Å². The first kappa shape index (κ1) is 26.4.